The van der Waals surface area contributed by atoms with Gasteiger partial charge in [0, 0.05) is 27.4 Å². The summed E-state index contributed by atoms with van der Waals surface area (Å²) < 4.78 is 46.1. The third-order valence-corrected chi connectivity index (χ3v) is 6.34. The predicted octanol–water partition coefficient (Wildman–Crippen LogP) is 7.96. The Morgan fingerprint density at radius 1 is 1.03 bits per heavy atom. The van der Waals surface area contributed by atoms with Crippen LogP contribution in [0.2, 0.25) is 5.02 Å². The van der Waals surface area contributed by atoms with Crippen molar-refractivity contribution in [2.45, 2.75) is 12.8 Å². The summed E-state index contributed by atoms with van der Waals surface area (Å²) in [6, 6.07) is 14.1. The lowest BCUT2D eigenvalue weighted by molar-refractivity contribution is -0.137. The zero-order valence-corrected chi connectivity index (χ0v) is 20.0. The molecule has 0 radical (unpaired) electrons. The molecule has 3 aromatic carbocycles. The quantitative estimate of drug-likeness (QED) is 0.315. The molecule has 1 N–H and O–H groups in total. The normalized spacial score (nSPS) is 14.4. The molecule has 1 aliphatic heterocycles. The van der Waals surface area contributed by atoms with Crippen molar-refractivity contribution in [3.8, 4) is 5.75 Å². The van der Waals surface area contributed by atoms with Crippen LogP contribution in [0.1, 0.15) is 22.3 Å². The second kappa shape index (κ2) is 8.92. The fraction of sp³-hybridized carbons (Fsp3) is 0.0870. The number of anilines is 1. The first-order valence-electron chi connectivity index (χ1n) is 9.23. The number of ether oxygens (including phenoxy) is 1. The minimum Gasteiger partial charge on any atom is -0.486 e. The molecule has 32 heavy (non-hydrogen) atoms. The maximum absolute atomic E-state index is 13.0. The third kappa shape index (κ3) is 4.72. The van der Waals surface area contributed by atoms with Crippen LogP contribution in [0.3, 0.4) is 0 Å². The van der Waals surface area contributed by atoms with Crippen LogP contribution in [-0.4, -0.2) is 5.91 Å². The standard InChI is InChI=1S/C23H13Br2ClF3NO2/c24-17-8-12(9-18(25)21(17)32-11-13-3-1-2-4-19(13)26)7-16-15-6-5-14(23(27,28)29)10-20(15)30-22(16)31/h1-10H,11H2,(H,30,31)/b16-7-. The van der Waals surface area contributed by atoms with E-state index >= 15 is 0 Å². The number of carbonyl (C=O) groups is 1. The summed E-state index contributed by atoms with van der Waals surface area (Å²) in [5, 5.41) is 3.09. The van der Waals surface area contributed by atoms with E-state index in [9.17, 15) is 18.0 Å². The monoisotopic (exact) mass is 585 g/mol. The first kappa shape index (κ1) is 22.9. The van der Waals surface area contributed by atoms with Gasteiger partial charge in [-0.25, -0.2) is 0 Å². The molecule has 9 heteroatoms. The van der Waals surface area contributed by atoms with Gasteiger partial charge >= 0.3 is 6.18 Å². The molecular weight excluding hydrogens is 575 g/mol. The first-order chi connectivity index (χ1) is 15.1. The van der Waals surface area contributed by atoms with E-state index in [2.05, 4.69) is 37.2 Å². The zero-order valence-electron chi connectivity index (χ0n) is 16.1. The van der Waals surface area contributed by atoms with E-state index in [0.29, 0.717) is 30.8 Å². The van der Waals surface area contributed by atoms with Crippen LogP contribution in [0.15, 0.2) is 63.5 Å². The Bertz CT molecular complexity index is 1240. The van der Waals surface area contributed by atoms with Crippen molar-refractivity contribution in [1.82, 2.24) is 0 Å². The maximum atomic E-state index is 13.0. The smallest absolute Gasteiger partial charge is 0.416 e. The topological polar surface area (TPSA) is 38.3 Å². The molecule has 164 valence electrons. The Kier molecular flexibility index (Phi) is 6.38. The molecule has 0 aromatic heterocycles. The van der Waals surface area contributed by atoms with Gasteiger partial charge in [0.05, 0.1) is 14.5 Å². The predicted molar refractivity (Wildman–Crippen MR) is 126 cm³/mol. The highest BCUT2D eigenvalue weighted by Gasteiger charge is 2.33. The molecule has 1 amide bonds. The molecule has 1 aliphatic rings. The van der Waals surface area contributed by atoms with Crippen LogP contribution in [-0.2, 0) is 17.6 Å². The van der Waals surface area contributed by atoms with Crippen LogP contribution in [0, 0.1) is 0 Å². The highest BCUT2D eigenvalue weighted by molar-refractivity contribution is 9.11. The minimum atomic E-state index is -4.48. The number of hydrogen-bond acceptors (Lipinski definition) is 2. The van der Waals surface area contributed by atoms with Crippen molar-refractivity contribution >= 4 is 66.7 Å². The van der Waals surface area contributed by atoms with Gasteiger partial charge in [0.15, 0.2) is 0 Å². The lowest BCUT2D eigenvalue weighted by Gasteiger charge is -2.12. The van der Waals surface area contributed by atoms with Crippen molar-refractivity contribution in [3.05, 3.63) is 90.8 Å². The van der Waals surface area contributed by atoms with Crippen LogP contribution in [0.4, 0.5) is 18.9 Å². The molecular formula is C23H13Br2ClF3NO2. The van der Waals surface area contributed by atoms with Crippen molar-refractivity contribution in [2.75, 3.05) is 5.32 Å². The summed E-state index contributed by atoms with van der Waals surface area (Å²) in [6.07, 6.45) is -2.87. The van der Waals surface area contributed by atoms with Crippen LogP contribution in [0.25, 0.3) is 11.6 Å². The Hall–Kier alpha value is -2.29. The molecule has 4 rings (SSSR count). The summed E-state index contributed by atoms with van der Waals surface area (Å²) >= 11 is 13.1. The highest BCUT2D eigenvalue weighted by atomic mass is 79.9. The average molecular weight is 588 g/mol. The van der Waals surface area contributed by atoms with Gasteiger partial charge in [0.2, 0.25) is 0 Å². The summed E-state index contributed by atoms with van der Waals surface area (Å²) in [5.41, 5.74) is 1.49. The van der Waals surface area contributed by atoms with Gasteiger partial charge in [-0.3, -0.25) is 4.79 Å². The molecule has 0 bridgehead atoms. The molecule has 1 heterocycles. The summed E-state index contributed by atoms with van der Waals surface area (Å²) in [5.74, 6) is 0.0868. The number of benzene rings is 3. The van der Waals surface area contributed by atoms with Gasteiger partial charge < -0.3 is 10.1 Å². The molecule has 0 fully saturated rings. The summed E-state index contributed by atoms with van der Waals surface area (Å²) in [7, 11) is 0. The Morgan fingerprint density at radius 2 is 1.72 bits per heavy atom. The van der Waals surface area contributed by atoms with Gasteiger partial charge in [-0.2, -0.15) is 13.2 Å². The molecule has 0 atom stereocenters. The van der Waals surface area contributed by atoms with Crippen LogP contribution < -0.4 is 10.1 Å². The second-order valence-corrected chi connectivity index (χ2v) is 9.08. The van der Waals surface area contributed by atoms with Crippen molar-refractivity contribution in [3.63, 3.8) is 0 Å². The fourth-order valence-electron chi connectivity index (χ4n) is 3.25. The van der Waals surface area contributed by atoms with Gasteiger partial charge in [0.25, 0.3) is 5.91 Å². The number of hydrogen-bond donors (Lipinski definition) is 1. The molecule has 0 unspecified atom stereocenters. The Morgan fingerprint density at radius 3 is 2.38 bits per heavy atom. The van der Waals surface area contributed by atoms with Crippen molar-refractivity contribution < 1.29 is 22.7 Å². The fourth-order valence-corrected chi connectivity index (χ4v) is 4.89. The van der Waals surface area contributed by atoms with Gasteiger partial charge in [0.1, 0.15) is 12.4 Å². The second-order valence-electron chi connectivity index (χ2n) is 6.96. The largest absolute Gasteiger partial charge is 0.486 e. The molecule has 0 aliphatic carbocycles. The first-order valence-corrected chi connectivity index (χ1v) is 11.2. The highest BCUT2D eigenvalue weighted by Crippen LogP contribution is 2.40. The number of rotatable bonds is 4. The number of nitrogens with one attached hydrogen (secondary N) is 1. The van der Waals surface area contributed by atoms with Gasteiger partial charge in [-0.05, 0) is 73.8 Å². The van der Waals surface area contributed by atoms with Gasteiger partial charge in [-0.15, -0.1) is 0 Å². The SMILES string of the molecule is O=C1Nc2cc(C(F)(F)F)ccc2/C1=C/c1cc(Br)c(OCc2ccccc2Cl)c(Br)c1. The number of halogens is 6. The van der Waals surface area contributed by atoms with Crippen molar-refractivity contribution in [1.29, 1.82) is 0 Å². The van der Waals surface area contributed by atoms with E-state index in [1.165, 1.54) is 6.07 Å². The molecule has 3 nitrogen and oxygen atoms in total. The van der Waals surface area contributed by atoms with Crippen LogP contribution in [0.5, 0.6) is 5.75 Å². The lowest BCUT2D eigenvalue weighted by Crippen LogP contribution is -2.06. The number of alkyl halides is 3. The molecule has 0 saturated heterocycles. The average Bonchev–Trinajstić information content (AvgIpc) is 3.02. The van der Waals surface area contributed by atoms with Gasteiger partial charge in [-0.1, -0.05) is 35.9 Å². The lowest BCUT2D eigenvalue weighted by atomic mass is 10.0. The van der Waals surface area contributed by atoms with E-state index in [4.69, 9.17) is 16.3 Å². The Balaban J connectivity index is 1.62. The molecule has 0 spiro atoms. The van der Waals surface area contributed by atoms with E-state index in [0.717, 1.165) is 17.7 Å². The minimum absolute atomic E-state index is 0.133. The van der Waals surface area contributed by atoms with E-state index in [1.807, 2.05) is 18.2 Å². The Labute approximate surface area is 203 Å². The van der Waals surface area contributed by atoms with E-state index in [1.54, 1.807) is 24.3 Å². The van der Waals surface area contributed by atoms with Crippen LogP contribution >= 0.6 is 43.5 Å². The summed E-state index contributed by atoms with van der Waals surface area (Å²) in [4.78, 5) is 12.4. The summed E-state index contributed by atoms with van der Waals surface area (Å²) in [6.45, 7) is 0.259. The number of fused-ring (bicyclic) bond motifs is 1. The van der Waals surface area contributed by atoms with Crippen molar-refractivity contribution in [2.24, 2.45) is 0 Å². The number of amides is 1. The third-order valence-electron chi connectivity index (χ3n) is 4.79. The number of carbonyl (C=O) groups excluding carboxylic acids is 1. The van der Waals surface area contributed by atoms with E-state index in [-0.39, 0.29) is 17.9 Å². The zero-order chi connectivity index (χ0) is 23.0. The maximum Gasteiger partial charge on any atom is 0.416 e. The molecule has 3 aromatic rings. The molecule has 0 saturated carbocycles. The van der Waals surface area contributed by atoms with E-state index < -0.39 is 17.6 Å².